The Morgan fingerprint density at radius 1 is 1.05 bits per heavy atom. The van der Waals surface area contributed by atoms with E-state index in [1.165, 1.54) is 6.07 Å². The fourth-order valence-electron chi connectivity index (χ4n) is 1.84. The summed E-state index contributed by atoms with van der Waals surface area (Å²) < 4.78 is 26.0. The van der Waals surface area contributed by atoms with E-state index in [-0.39, 0.29) is 5.54 Å². The van der Waals surface area contributed by atoms with E-state index >= 15 is 0 Å². The molecule has 0 saturated heterocycles. The highest BCUT2D eigenvalue weighted by atomic mass is 35.5. The zero-order valence-electron chi connectivity index (χ0n) is 11.8. The third kappa shape index (κ3) is 6.35. The van der Waals surface area contributed by atoms with Crippen LogP contribution in [-0.4, -0.2) is 12.1 Å². The zero-order valence-corrected chi connectivity index (χ0v) is 12.6. The predicted octanol–water partition coefficient (Wildman–Crippen LogP) is 4.72. The first-order valence-corrected chi connectivity index (χ1v) is 7.06. The Bertz CT molecular complexity index is 413. The molecule has 4 heteroatoms. The van der Waals surface area contributed by atoms with Crippen molar-refractivity contribution in [3.05, 3.63) is 34.4 Å². The number of nitrogens with one attached hydrogen (secondary N) is 1. The highest BCUT2D eigenvalue weighted by Crippen LogP contribution is 2.21. The standard InChI is InChI=1S/C15H22ClF2N/c1-15(2,3)19-8-6-4-5-7-11-9-13(17)14(18)10-12(11)16/h9-10,19H,4-8H2,1-3H3. The molecule has 0 fully saturated rings. The molecule has 0 amide bonds. The second kappa shape index (κ2) is 7.20. The average molecular weight is 290 g/mol. The minimum absolute atomic E-state index is 0.142. The molecule has 0 saturated carbocycles. The van der Waals surface area contributed by atoms with Crippen molar-refractivity contribution in [2.45, 2.75) is 52.0 Å². The molecule has 1 aromatic rings. The topological polar surface area (TPSA) is 12.0 Å². The molecule has 1 N–H and O–H groups in total. The lowest BCUT2D eigenvalue weighted by molar-refractivity contribution is 0.417. The van der Waals surface area contributed by atoms with Crippen LogP contribution < -0.4 is 5.32 Å². The highest BCUT2D eigenvalue weighted by Gasteiger charge is 2.09. The zero-order chi connectivity index (χ0) is 14.5. The molecule has 0 aromatic heterocycles. The van der Waals surface area contributed by atoms with Gasteiger partial charge in [0, 0.05) is 10.6 Å². The summed E-state index contributed by atoms with van der Waals surface area (Å²) in [5, 5.41) is 3.72. The van der Waals surface area contributed by atoms with E-state index in [9.17, 15) is 8.78 Å². The lowest BCUT2D eigenvalue weighted by Crippen LogP contribution is -2.36. The number of rotatable bonds is 6. The molecule has 0 bridgehead atoms. The molecule has 0 atom stereocenters. The number of hydrogen-bond donors (Lipinski definition) is 1. The van der Waals surface area contributed by atoms with Gasteiger partial charge in [0.05, 0.1) is 0 Å². The van der Waals surface area contributed by atoms with Gasteiger partial charge in [-0.05, 0) is 64.3 Å². The summed E-state index contributed by atoms with van der Waals surface area (Å²) in [7, 11) is 0. The molecular formula is C15H22ClF2N. The van der Waals surface area contributed by atoms with Gasteiger partial charge in [-0.2, -0.15) is 0 Å². The number of hydrogen-bond acceptors (Lipinski definition) is 1. The predicted molar refractivity (Wildman–Crippen MR) is 76.7 cm³/mol. The van der Waals surface area contributed by atoms with E-state index in [1.807, 2.05) is 0 Å². The van der Waals surface area contributed by atoms with E-state index < -0.39 is 11.6 Å². The lowest BCUT2D eigenvalue weighted by Gasteiger charge is -2.20. The van der Waals surface area contributed by atoms with Crippen molar-refractivity contribution in [2.24, 2.45) is 0 Å². The van der Waals surface area contributed by atoms with Crippen LogP contribution >= 0.6 is 11.6 Å². The largest absolute Gasteiger partial charge is 0.312 e. The van der Waals surface area contributed by atoms with Gasteiger partial charge in [-0.15, -0.1) is 0 Å². The maximum atomic E-state index is 13.1. The van der Waals surface area contributed by atoms with Crippen LogP contribution in [0.1, 0.15) is 45.6 Å². The van der Waals surface area contributed by atoms with Crippen LogP contribution in [0.25, 0.3) is 0 Å². The molecule has 19 heavy (non-hydrogen) atoms. The lowest BCUT2D eigenvalue weighted by atomic mass is 10.1. The van der Waals surface area contributed by atoms with Gasteiger partial charge in [0.25, 0.3) is 0 Å². The smallest absolute Gasteiger partial charge is 0.160 e. The van der Waals surface area contributed by atoms with Gasteiger partial charge in [0.1, 0.15) is 0 Å². The third-order valence-electron chi connectivity index (χ3n) is 2.87. The molecule has 0 aliphatic heterocycles. The first-order valence-electron chi connectivity index (χ1n) is 6.68. The van der Waals surface area contributed by atoms with Crippen molar-refractivity contribution in [3.8, 4) is 0 Å². The van der Waals surface area contributed by atoms with E-state index in [0.717, 1.165) is 31.9 Å². The Morgan fingerprint density at radius 2 is 1.68 bits per heavy atom. The maximum Gasteiger partial charge on any atom is 0.160 e. The fraction of sp³-hybridized carbons (Fsp3) is 0.600. The van der Waals surface area contributed by atoms with Gasteiger partial charge < -0.3 is 5.32 Å². The van der Waals surface area contributed by atoms with Gasteiger partial charge in [-0.3, -0.25) is 0 Å². The Balaban J connectivity index is 2.28. The van der Waals surface area contributed by atoms with Gasteiger partial charge in [0.15, 0.2) is 11.6 Å². The number of aryl methyl sites for hydroxylation is 1. The van der Waals surface area contributed by atoms with Crippen LogP contribution in [0.4, 0.5) is 8.78 Å². The van der Waals surface area contributed by atoms with Crippen molar-refractivity contribution in [2.75, 3.05) is 6.54 Å². The second-order valence-electron chi connectivity index (χ2n) is 5.85. The minimum Gasteiger partial charge on any atom is -0.312 e. The Morgan fingerprint density at radius 3 is 2.32 bits per heavy atom. The molecule has 0 aliphatic carbocycles. The maximum absolute atomic E-state index is 13.1. The summed E-state index contributed by atoms with van der Waals surface area (Å²) in [6.45, 7) is 7.37. The van der Waals surface area contributed by atoms with E-state index in [2.05, 4.69) is 26.1 Å². The Labute approximate surface area is 119 Å². The minimum atomic E-state index is -0.886. The molecule has 0 radical (unpaired) electrons. The number of benzene rings is 1. The summed E-state index contributed by atoms with van der Waals surface area (Å²) in [6, 6.07) is 2.25. The van der Waals surface area contributed by atoms with E-state index in [1.54, 1.807) is 0 Å². The Hall–Kier alpha value is -0.670. The van der Waals surface area contributed by atoms with Crippen LogP contribution in [0, 0.1) is 11.6 Å². The Kier molecular flexibility index (Phi) is 6.21. The average Bonchev–Trinajstić information content (AvgIpc) is 2.28. The van der Waals surface area contributed by atoms with Crippen molar-refractivity contribution in [1.29, 1.82) is 0 Å². The summed E-state index contributed by atoms with van der Waals surface area (Å²) >= 11 is 5.88. The summed E-state index contributed by atoms with van der Waals surface area (Å²) in [6.07, 6.45) is 3.72. The first-order chi connectivity index (χ1) is 8.79. The molecule has 1 aromatic carbocycles. The van der Waals surface area contributed by atoms with Crippen LogP contribution in [-0.2, 0) is 6.42 Å². The summed E-state index contributed by atoms with van der Waals surface area (Å²) in [4.78, 5) is 0. The van der Waals surface area contributed by atoms with Gasteiger partial charge in [-0.25, -0.2) is 8.78 Å². The van der Waals surface area contributed by atoms with Crippen molar-refractivity contribution < 1.29 is 8.78 Å². The van der Waals surface area contributed by atoms with Crippen LogP contribution in [0.2, 0.25) is 5.02 Å². The van der Waals surface area contributed by atoms with Crippen LogP contribution in [0.15, 0.2) is 12.1 Å². The summed E-state index contributed by atoms with van der Waals surface area (Å²) in [5.74, 6) is -1.71. The van der Waals surface area contributed by atoms with Gasteiger partial charge >= 0.3 is 0 Å². The van der Waals surface area contributed by atoms with Crippen LogP contribution in [0.3, 0.4) is 0 Å². The van der Waals surface area contributed by atoms with Crippen LogP contribution in [0.5, 0.6) is 0 Å². The van der Waals surface area contributed by atoms with E-state index in [4.69, 9.17) is 11.6 Å². The number of halogens is 3. The first kappa shape index (κ1) is 16.4. The molecule has 0 heterocycles. The quantitative estimate of drug-likeness (QED) is 0.590. The molecule has 1 rings (SSSR count). The highest BCUT2D eigenvalue weighted by molar-refractivity contribution is 6.31. The second-order valence-corrected chi connectivity index (χ2v) is 6.25. The van der Waals surface area contributed by atoms with Crippen molar-refractivity contribution >= 4 is 11.6 Å². The third-order valence-corrected chi connectivity index (χ3v) is 3.22. The van der Waals surface area contributed by atoms with Crippen molar-refractivity contribution in [3.63, 3.8) is 0 Å². The fourth-order valence-corrected chi connectivity index (χ4v) is 2.08. The monoisotopic (exact) mass is 289 g/mol. The molecular weight excluding hydrogens is 268 g/mol. The molecule has 108 valence electrons. The van der Waals surface area contributed by atoms with Crippen molar-refractivity contribution in [1.82, 2.24) is 5.32 Å². The summed E-state index contributed by atoms with van der Waals surface area (Å²) in [5.41, 5.74) is 0.827. The number of unbranched alkanes of at least 4 members (excludes halogenated alkanes) is 2. The molecule has 0 aliphatic rings. The SMILES string of the molecule is CC(C)(C)NCCCCCc1cc(F)c(F)cc1Cl. The van der Waals surface area contributed by atoms with E-state index in [0.29, 0.717) is 17.0 Å². The molecule has 0 unspecified atom stereocenters. The molecule has 1 nitrogen and oxygen atoms in total. The van der Waals surface area contributed by atoms with Gasteiger partial charge in [0.2, 0.25) is 0 Å². The van der Waals surface area contributed by atoms with Gasteiger partial charge in [-0.1, -0.05) is 18.0 Å². The molecule has 0 spiro atoms. The normalized spacial score (nSPS) is 11.9.